The molecule has 2 rings (SSSR count). The summed E-state index contributed by atoms with van der Waals surface area (Å²) in [5, 5.41) is 6.28. The van der Waals surface area contributed by atoms with Crippen LogP contribution in [0.15, 0.2) is 45.9 Å². The topological polar surface area (TPSA) is 54.9 Å². The molecule has 0 aliphatic heterocycles. The third-order valence-corrected chi connectivity index (χ3v) is 4.11. The summed E-state index contributed by atoms with van der Waals surface area (Å²) in [7, 11) is 4.89. The van der Waals surface area contributed by atoms with Gasteiger partial charge in [-0.25, -0.2) is 4.39 Å². The van der Waals surface area contributed by atoms with Gasteiger partial charge in [0.25, 0.3) is 0 Å². The summed E-state index contributed by atoms with van der Waals surface area (Å²) in [5.74, 6) is 1.76. The van der Waals surface area contributed by atoms with Crippen molar-refractivity contribution in [3.63, 3.8) is 0 Å². The van der Waals surface area contributed by atoms with Crippen LogP contribution in [0.2, 0.25) is 0 Å². The normalized spacial score (nSPS) is 10.7. The zero-order valence-corrected chi connectivity index (χ0v) is 18.7. The maximum atomic E-state index is 13.8. The summed E-state index contributed by atoms with van der Waals surface area (Å²) in [6.45, 7) is 0.832. The third-order valence-electron chi connectivity index (χ3n) is 3.62. The van der Waals surface area contributed by atoms with Gasteiger partial charge in [-0.15, -0.1) is 24.0 Å². The average molecular weight is 538 g/mol. The molecule has 0 heterocycles. The number of hydrogen-bond acceptors (Lipinski definition) is 3. The van der Waals surface area contributed by atoms with Gasteiger partial charge in [0.2, 0.25) is 0 Å². The summed E-state index contributed by atoms with van der Waals surface area (Å²) in [5.41, 5.74) is 1.51. The van der Waals surface area contributed by atoms with Gasteiger partial charge in [-0.05, 0) is 30.3 Å². The lowest BCUT2D eigenvalue weighted by atomic mass is 10.2. The van der Waals surface area contributed by atoms with Gasteiger partial charge in [0, 0.05) is 41.8 Å². The number of nitrogens with zero attached hydrogens (tertiary/aromatic N) is 1. The minimum absolute atomic E-state index is 0. The number of nitrogens with one attached hydrogen (secondary N) is 2. The lowest BCUT2D eigenvalue weighted by Crippen LogP contribution is -2.36. The van der Waals surface area contributed by atoms with E-state index >= 15 is 0 Å². The molecule has 8 heteroatoms. The van der Waals surface area contributed by atoms with Crippen molar-refractivity contribution < 1.29 is 13.9 Å². The van der Waals surface area contributed by atoms with E-state index in [1.54, 1.807) is 33.4 Å². The van der Waals surface area contributed by atoms with Crippen LogP contribution in [-0.4, -0.2) is 27.2 Å². The molecule has 2 aromatic rings. The molecule has 0 aromatic heterocycles. The Labute approximate surface area is 178 Å². The summed E-state index contributed by atoms with van der Waals surface area (Å²) >= 11 is 3.34. The van der Waals surface area contributed by atoms with Gasteiger partial charge in [-0.1, -0.05) is 15.9 Å². The number of halogens is 3. The minimum atomic E-state index is -0.261. The Bertz CT molecular complexity index is 759. The Morgan fingerprint density at radius 3 is 2.35 bits per heavy atom. The van der Waals surface area contributed by atoms with Gasteiger partial charge in [0.05, 0.1) is 14.2 Å². The van der Waals surface area contributed by atoms with Crippen molar-refractivity contribution in [2.24, 2.45) is 4.99 Å². The summed E-state index contributed by atoms with van der Waals surface area (Å²) in [6.07, 6.45) is 0. The predicted molar refractivity (Wildman–Crippen MR) is 116 cm³/mol. The number of hydrogen-bond donors (Lipinski definition) is 2. The van der Waals surface area contributed by atoms with Crippen molar-refractivity contribution in [3.8, 4) is 11.5 Å². The minimum Gasteiger partial charge on any atom is -0.497 e. The first-order valence-corrected chi connectivity index (χ1v) is 8.46. The van der Waals surface area contributed by atoms with Crippen LogP contribution in [-0.2, 0) is 13.1 Å². The van der Waals surface area contributed by atoms with Crippen molar-refractivity contribution >= 4 is 45.9 Å². The molecule has 0 spiro atoms. The molecule has 0 radical (unpaired) electrons. The molecule has 26 heavy (non-hydrogen) atoms. The van der Waals surface area contributed by atoms with Crippen LogP contribution in [0.5, 0.6) is 11.5 Å². The van der Waals surface area contributed by atoms with Gasteiger partial charge < -0.3 is 20.1 Å². The summed E-state index contributed by atoms with van der Waals surface area (Å²) < 4.78 is 25.2. The van der Waals surface area contributed by atoms with Gasteiger partial charge in [0.15, 0.2) is 5.96 Å². The van der Waals surface area contributed by atoms with Crippen LogP contribution < -0.4 is 20.1 Å². The van der Waals surface area contributed by atoms with E-state index in [1.807, 2.05) is 18.2 Å². The van der Waals surface area contributed by atoms with Crippen LogP contribution in [0, 0.1) is 5.82 Å². The van der Waals surface area contributed by atoms with Gasteiger partial charge in [-0.2, -0.15) is 0 Å². The zero-order chi connectivity index (χ0) is 18.2. The highest BCUT2D eigenvalue weighted by Gasteiger charge is 2.07. The molecular formula is C18H22BrFIN3O2. The maximum Gasteiger partial charge on any atom is 0.191 e. The molecule has 2 aromatic carbocycles. The fourth-order valence-corrected chi connectivity index (χ4v) is 2.66. The van der Waals surface area contributed by atoms with Crippen LogP contribution in [0.4, 0.5) is 4.39 Å². The van der Waals surface area contributed by atoms with Crippen LogP contribution in [0.1, 0.15) is 11.1 Å². The Hall–Kier alpha value is -1.55. The third kappa shape index (κ3) is 6.31. The van der Waals surface area contributed by atoms with E-state index < -0.39 is 0 Å². The van der Waals surface area contributed by atoms with Crippen molar-refractivity contribution in [2.45, 2.75) is 13.1 Å². The smallest absolute Gasteiger partial charge is 0.191 e. The highest BCUT2D eigenvalue weighted by atomic mass is 127. The molecule has 0 bridgehead atoms. The highest BCUT2D eigenvalue weighted by molar-refractivity contribution is 14.0. The molecular weight excluding hydrogens is 516 g/mol. The lowest BCUT2D eigenvalue weighted by Gasteiger charge is -2.15. The zero-order valence-electron chi connectivity index (χ0n) is 14.8. The largest absolute Gasteiger partial charge is 0.497 e. The van der Waals surface area contributed by atoms with Gasteiger partial charge >= 0.3 is 0 Å². The lowest BCUT2D eigenvalue weighted by molar-refractivity contribution is 0.390. The fourth-order valence-electron chi connectivity index (χ4n) is 2.26. The standard InChI is InChI=1S/C18H21BrFN3O2.HI/c1-21-18(23-11-13-8-14(19)5-7-16(13)20)22-10-12-4-6-15(24-2)9-17(12)25-3;/h4-9H,10-11H2,1-3H3,(H2,21,22,23);1H. The highest BCUT2D eigenvalue weighted by Crippen LogP contribution is 2.24. The number of aliphatic imine (C=N–C) groups is 1. The average Bonchev–Trinajstić information content (AvgIpc) is 2.64. The predicted octanol–water partition coefficient (Wildman–Crippen LogP) is 4.09. The molecule has 0 saturated heterocycles. The number of ether oxygens (including phenoxy) is 2. The molecule has 0 atom stereocenters. The van der Waals surface area contributed by atoms with Crippen molar-refractivity contribution in [1.29, 1.82) is 0 Å². The van der Waals surface area contributed by atoms with E-state index in [2.05, 4.69) is 31.6 Å². The first kappa shape index (κ1) is 22.5. The van der Waals surface area contributed by atoms with Crippen LogP contribution in [0.25, 0.3) is 0 Å². The number of guanidine groups is 1. The maximum absolute atomic E-state index is 13.8. The molecule has 5 nitrogen and oxygen atoms in total. The fraction of sp³-hybridized carbons (Fsp3) is 0.278. The van der Waals surface area contributed by atoms with E-state index in [0.717, 1.165) is 21.5 Å². The van der Waals surface area contributed by atoms with Gasteiger partial charge in [0.1, 0.15) is 17.3 Å². The first-order chi connectivity index (χ1) is 12.1. The summed E-state index contributed by atoms with van der Waals surface area (Å²) in [6, 6.07) is 10.5. The van der Waals surface area contributed by atoms with Crippen molar-refractivity contribution in [2.75, 3.05) is 21.3 Å². The van der Waals surface area contributed by atoms with E-state index in [1.165, 1.54) is 6.07 Å². The Kier molecular flexibility index (Phi) is 9.71. The molecule has 0 unspecified atom stereocenters. The molecule has 0 aliphatic rings. The van der Waals surface area contributed by atoms with E-state index in [-0.39, 0.29) is 29.8 Å². The Balaban J connectivity index is 0.00000338. The number of benzene rings is 2. The van der Waals surface area contributed by atoms with Gasteiger partial charge in [-0.3, -0.25) is 4.99 Å². The van der Waals surface area contributed by atoms with Crippen LogP contribution >= 0.6 is 39.9 Å². The van der Waals surface area contributed by atoms with E-state index in [4.69, 9.17) is 9.47 Å². The van der Waals surface area contributed by atoms with E-state index in [0.29, 0.717) is 24.6 Å². The summed E-state index contributed by atoms with van der Waals surface area (Å²) in [4.78, 5) is 4.15. The Morgan fingerprint density at radius 2 is 1.73 bits per heavy atom. The van der Waals surface area contributed by atoms with E-state index in [9.17, 15) is 4.39 Å². The van der Waals surface area contributed by atoms with Crippen LogP contribution in [0.3, 0.4) is 0 Å². The molecule has 0 fully saturated rings. The molecule has 0 amide bonds. The second-order valence-electron chi connectivity index (χ2n) is 5.19. The first-order valence-electron chi connectivity index (χ1n) is 7.66. The van der Waals surface area contributed by atoms with Crippen molar-refractivity contribution in [3.05, 3.63) is 57.8 Å². The SMILES string of the molecule is CN=C(NCc1cc(Br)ccc1F)NCc1ccc(OC)cc1OC.I. The molecule has 142 valence electrons. The second kappa shape index (κ2) is 11.2. The van der Waals surface area contributed by atoms with Crippen molar-refractivity contribution in [1.82, 2.24) is 10.6 Å². The number of rotatable bonds is 6. The number of methoxy groups -OCH3 is 2. The quantitative estimate of drug-likeness (QED) is 0.331. The molecule has 2 N–H and O–H groups in total. The monoisotopic (exact) mass is 537 g/mol. The molecule has 0 aliphatic carbocycles. The molecule has 0 saturated carbocycles. The Morgan fingerprint density at radius 1 is 1.04 bits per heavy atom. The second-order valence-corrected chi connectivity index (χ2v) is 6.11.